The van der Waals surface area contributed by atoms with Crippen LogP contribution in [-0.4, -0.2) is 15.4 Å². The zero-order valence-electron chi connectivity index (χ0n) is 4.06. The molecule has 0 amide bonds. The quantitative estimate of drug-likeness (QED) is 0.345. The van der Waals surface area contributed by atoms with E-state index >= 15 is 0 Å². The molecular weight excluding hydrogens is 128 g/mol. The second-order valence-electron chi connectivity index (χ2n) is 1.28. The molecule has 2 nitrogen and oxygen atoms in total. The van der Waals surface area contributed by atoms with E-state index in [0.717, 1.165) is 10.4 Å². The summed E-state index contributed by atoms with van der Waals surface area (Å²) in [6.07, 6.45) is 5.85. The first-order valence-electron chi connectivity index (χ1n) is 1.87. The van der Waals surface area contributed by atoms with Gasteiger partial charge in [-0.1, -0.05) is 0 Å². The summed E-state index contributed by atoms with van der Waals surface area (Å²) < 4.78 is 2.08. The van der Waals surface area contributed by atoms with E-state index in [0.29, 0.717) is 0 Å². The summed E-state index contributed by atoms with van der Waals surface area (Å²) in [4.78, 5) is 2.93. The van der Waals surface area contributed by atoms with Crippen molar-refractivity contribution in [3.8, 4) is 0 Å². The lowest BCUT2D eigenvalue weighted by atomic mass is 11.0. The fourth-order valence-corrected chi connectivity index (χ4v) is 0.662. The molecule has 0 atom stereocenters. The van der Waals surface area contributed by atoms with Crippen LogP contribution >= 0.6 is 0 Å². The summed E-state index contributed by atoms with van der Waals surface area (Å²) >= 11 is 0. The third kappa shape index (κ3) is 1.75. The smallest absolute Gasteiger partial charge is 0.226 e. The molecular formula is C3H7ClN2Si. The Kier molecular flexibility index (Phi) is 2.71. The van der Waals surface area contributed by atoms with Crippen LogP contribution in [0.2, 0.25) is 0 Å². The molecule has 0 aliphatic rings. The van der Waals surface area contributed by atoms with Gasteiger partial charge in [0.1, 0.15) is 12.4 Å². The van der Waals surface area contributed by atoms with E-state index in [1.54, 1.807) is 0 Å². The van der Waals surface area contributed by atoms with E-state index in [1.165, 1.54) is 0 Å². The summed E-state index contributed by atoms with van der Waals surface area (Å²) in [5, 5.41) is 0. The van der Waals surface area contributed by atoms with E-state index < -0.39 is 0 Å². The maximum atomic E-state index is 2.93. The molecule has 0 aliphatic carbocycles. The van der Waals surface area contributed by atoms with Crippen LogP contribution in [0, 0.1) is 0 Å². The molecule has 1 N–H and O–H groups in total. The third-order valence-corrected chi connectivity index (χ3v) is 1.24. The molecule has 4 heteroatoms. The molecule has 0 unspecified atom stereocenters. The van der Waals surface area contributed by atoms with Gasteiger partial charge in [0.05, 0.1) is 0 Å². The third-order valence-electron chi connectivity index (χ3n) is 0.684. The zero-order valence-corrected chi connectivity index (χ0v) is 6.81. The number of nitrogens with one attached hydrogen (secondary N) is 1. The van der Waals surface area contributed by atoms with Crippen LogP contribution < -0.4 is 16.6 Å². The van der Waals surface area contributed by atoms with Crippen LogP contribution in [0.5, 0.6) is 0 Å². The van der Waals surface area contributed by atoms with Crippen molar-refractivity contribution in [1.82, 2.24) is 4.98 Å². The van der Waals surface area contributed by atoms with E-state index in [9.17, 15) is 0 Å². The molecule has 0 aliphatic heterocycles. The molecule has 0 saturated heterocycles. The molecule has 0 spiro atoms. The van der Waals surface area contributed by atoms with E-state index in [1.807, 2.05) is 18.7 Å². The lowest BCUT2D eigenvalue weighted by molar-refractivity contribution is -0.519. The predicted molar refractivity (Wildman–Crippen MR) is 26.3 cm³/mol. The van der Waals surface area contributed by atoms with Gasteiger partial charge >= 0.3 is 0 Å². The minimum absolute atomic E-state index is 0. The van der Waals surface area contributed by atoms with Crippen molar-refractivity contribution in [2.24, 2.45) is 0 Å². The van der Waals surface area contributed by atoms with Crippen molar-refractivity contribution in [3.63, 3.8) is 0 Å². The molecule has 0 aromatic carbocycles. The Hall–Kier alpha value is -0.283. The van der Waals surface area contributed by atoms with Gasteiger partial charge in [-0.3, -0.25) is 9.22 Å². The number of rotatable bonds is 0. The number of H-pyrrole nitrogens is 1. The van der Waals surface area contributed by atoms with E-state index in [4.69, 9.17) is 0 Å². The minimum Gasteiger partial charge on any atom is -1.00 e. The molecule has 1 heterocycles. The van der Waals surface area contributed by atoms with Crippen LogP contribution in [-0.2, 0) is 0 Å². The minimum atomic E-state index is 0. The Labute approximate surface area is 51.5 Å². The molecule has 0 radical (unpaired) electrons. The van der Waals surface area contributed by atoms with Gasteiger partial charge in [-0.2, -0.15) is 0 Å². The fraction of sp³-hybridized carbons (Fsp3) is 0. The van der Waals surface area contributed by atoms with Gasteiger partial charge in [0.25, 0.3) is 0 Å². The van der Waals surface area contributed by atoms with Crippen molar-refractivity contribution in [2.45, 2.75) is 0 Å². The molecule has 40 valence electrons. The van der Waals surface area contributed by atoms with E-state index in [2.05, 4.69) is 9.22 Å². The second kappa shape index (κ2) is 2.82. The Morgan fingerprint density at radius 2 is 2.29 bits per heavy atom. The van der Waals surface area contributed by atoms with Crippen LogP contribution in [0.4, 0.5) is 0 Å². The van der Waals surface area contributed by atoms with Crippen molar-refractivity contribution in [1.29, 1.82) is 0 Å². The molecule has 0 saturated carbocycles. The molecule has 0 fully saturated rings. The van der Waals surface area contributed by atoms with Crippen molar-refractivity contribution >= 4 is 10.4 Å². The number of halogens is 1. The van der Waals surface area contributed by atoms with Crippen molar-refractivity contribution in [2.75, 3.05) is 0 Å². The van der Waals surface area contributed by atoms with Crippen molar-refractivity contribution < 1.29 is 16.6 Å². The Bertz CT molecular complexity index is 116. The Balaban J connectivity index is 0.000000360. The number of nitrogens with zero attached hydrogens (tertiary/aromatic N) is 1. The van der Waals surface area contributed by atoms with Crippen LogP contribution in [0.15, 0.2) is 18.7 Å². The average Bonchev–Trinajstić information content (AvgIpc) is 1.86. The molecule has 7 heavy (non-hydrogen) atoms. The summed E-state index contributed by atoms with van der Waals surface area (Å²) in [5.74, 6) is 0. The number of hydrogen-bond donors (Lipinski definition) is 1. The van der Waals surface area contributed by atoms with Gasteiger partial charge in [0.15, 0.2) is 0 Å². The molecule has 1 aromatic rings. The summed E-state index contributed by atoms with van der Waals surface area (Å²) in [6.45, 7) is 0. The maximum absolute atomic E-state index is 2.93. The van der Waals surface area contributed by atoms with Crippen molar-refractivity contribution in [3.05, 3.63) is 18.7 Å². The van der Waals surface area contributed by atoms with Crippen LogP contribution in [0.1, 0.15) is 0 Å². The number of aromatic amines is 1. The zero-order chi connectivity index (χ0) is 4.41. The van der Waals surface area contributed by atoms with Crippen LogP contribution in [0.25, 0.3) is 0 Å². The predicted octanol–water partition coefficient (Wildman–Crippen LogP) is -4.57. The van der Waals surface area contributed by atoms with Gasteiger partial charge in [-0.05, 0) is 0 Å². The number of aromatic nitrogens is 2. The highest BCUT2D eigenvalue weighted by molar-refractivity contribution is 5.94. The average molecular weight is 135 g/mol. The topological polar surface area (TPSA) is 19.7 Å². The summed E-state index contributed by atoms with van der Waals surface area (Å²) in [7, 11) is 1.08. The highest BCUT2D eigenvalue weighted by Gasteiger charge is 1.77. The normalized spacial score (nSPS) is 8.00. The molecule has 0 bridgehead atoms. The lowest BCUT2D eigenvalue weighted by Gasteiger charge is -1.67. The molecule has 1 rings (SSSR count). The first-order valence-corrected chi connectivity index (χ1v) is 2.77. The Morgan fingerprint density at radius 3 is 2.43 bits per heavy atom. The SMILES string of the molecule is [Cl-].[SiH3][n+]1cc[nH]c1. The van der Waals surface area contributed by atoms with Gasteiger partial charge in [-0.15, -0.1) is 0 Å². The highest BCUT2D eigenvalue weighted by Crippen LogP contribution is 1.58. The second-order valence-corrected chi connectivity index (χ2v) is 2.31. The van der Waals surface area contributed by atoms with Crippen LogP contribution in [0.3, 0.4) is 0 Å². The first-order chi connectivity index (χ1) is 2.89. The highest BCUT2D eigenvalue weighted by atomic mass is 35.5. The van der Waals surface area contributed by atoms with E-state index in [-0.39, 0.29) is 12.4 Å². The standard InChI is InChI=1S/C3H6N2Si.ClH/c6-5-2-1-4-3-5;/h1-3H,6H3;1H. The Morgan fingerprint density at radius 1 is 1.57 bits per heavy atom. The van der Waals surface area contributed by atoms with Gasteiger partial charge in [0, 0.05) is 0 Å². The fourth-order valence-electron chi connectivity index (χ4n) is 0.364. The van der Waals surface area contributed by atoms with Gasteiger partial charge in [0.2, 0.25) is 16.7 Å². The summed E-state index contributed by atoms with van der Waals surface area (Å²) in [5.41, 5.74) is 0. The van der Waals surface area contributed by atoms with Gasteiger partial charge < -0.3 is 12.4 Å². The summed E-state index contributed by atoms with van der Waals surface area (Å²) in [6, 6.07) is 0. The molecule has 1 aromatic heterocycles. The lowest BCUT2D eigenvalue weighted by Crippen LogP contribution is -3.00. The number of imidazole rings is 1. The van der Waals surface area contributed by atoms with Gasteiger partial charge in [-0.25, -0.2) is 0 Å². The largest absolute Gasteiger partial charge is 1.00 e. The maximum Gasteiger partial charge on any atom is 0.226 e. The first kappa shape index (κ1) is 6.72. The number of hydrogen-bond acceptors (Lipinski definition) is 0. The monoisotopic (exact) mass is 134 g/mol.